The Bertz CT molecular complexity index is 330. The van der Waals surface area contributed by atoms with Gasteiger partial charge in [-0.25, -0.2) is 0 Å². The van der Waals surface area contributed by atoms with E-state index in [4.69, 9.17) is 5.73 Å². The Kier molecular flexibility index (Phi) is 7.02. The van der Waals surface area contributed by atoms with Gasteiger partial charge in [-0.3, -0.25) is 4.68 Å². The minimum atomic E-state index is 0.147. The van der Waals surface area contributed by atoms with E-state index in [0.717, 1.165) is 18.5 Å². The van der Waals surface area contributed by atoms with Gasteiger partial charge in [-0.15, -0.1) is 0 Å². The first-order valence-corrected chi connectivity index (χ1v) is 7.47. The van der Waals surface area contributed by atoms with Crippen molar-refractivity contribution in [1.29, 1.82) is 0 Å². The van der Waals surface area contributed by atoms with Crippen molar-refractivity contribution in [2.75, 3.05) is 0 Å². The molecular formula is C15H29N3. The lowest BCUT2D eigenvalue weighted by molar-refractivity contribution is 0.523. The van der Waals surface area contributed by atoms with Crippen LogP contribution in [0.25, 0.3) is 0 Å². The number of aromatic nitrogens is 2. The van der Waals surface area contributed by atoms with Crippen LogP contribution in [0.3, 0.4) is 0 Å². The van der Waals surface area contributed by atoms with Crippen molar-refractivity contribution in [3.63, 3.8) is 0 Å². The van der Waals surface area contributed by atoms with Crippen molar-refractivity contribution in [2.24, 2.45) is 12.8 Å². The maximum atomic E-state index is 6.24. The van der Waals surface area contributed by atoms with Crippen LogP contribution in [-0.2, 0) is 13.5 Å². The van der Waals surface area contributed by atoms with Crippen LogP contribution in [0.2, 0.25) is 0 Å². The summed E-state index contributed by atoms with van der Waals surface area (Å²) in [7, 11) is 2.00. The maximum Gasteiger partial charge on any atom is 0.0625 e. The van der Waals surface area contributed by atoms with Crippen LogP contribution in [0.4, 0.5) is 0 Å². The summed E-state index contributed by atoms with van der Waals surface area (Å²) in [5.41, 5.74) is 8.57. The van der Waals surface area contributed by atoms with Crippen molar-refractivity contribution in [3.8, 4) is 0 Å². The largest absolute Gasteiger partial charge is 0.323 e. The average Bonchev–Trinajstić information content (AvgIpc) is 2.75. The van der Waals surface area contributed by atoms with Gasteiger partial charge in [0, 0.05) is 13.1 Å². The third-order valence-corrected chi connectivity index (χ3v) is 3.58. The quantitative estimate of drug-likeness (QED) is 0.680. The molecule has 1 rings (SSSR count). The molecule has 1 heterocycles. The van der Waals surface area contributed by atoms with Gasteiger partial charge in [0.05, 0.1) is 11.4 Å². The summed E-state index contributed by atoms with van der Waals surface area (Å²) in [4.78, 5) is 0. The SMILES string of the molecule is CCCCCCCCC(N)c1cc(CC)nn1C. The highest BCUT2D eigenvalue weighted by Gasteiger charge is 2.11. The molecule has 0 bridgehead atoms. The molecule has 0 saturated carbocycles. The molecule has 1 atom stereocenters. The molecule has 2 N–H and O–H groups in total. The topological polar surface area (TPSA) is 43.8 Å². The number of hydrogen-bond donors (Lipinski definition) is 1. The monoisotopic (exact) mass is 251 g/mol. The van der Waals surface area contributed by atoms with Crippen molar-refractivity contribution < 1.29 is 0 Å². The zero-order chi connectivity index (χ0) is 13.4. The Balaban J connectivity index is 2.27. The van der Waals surface area contributed by atoms with E-state index in [2.05, 4.69) is 25.0 Å². The molecule has 3 nitrogen and oxygen atoms in total. The highest BCUT2D eigenvalue weighted by molar-refractivity contribution is 5.13. The standard InChI is InChI=1S/C15H29N3/c1-4-6-7-8-9-10-11-14(16)15-12-13(5-2)17-18(15)3/h12,14H,4-11,16H2,1-3H3. The molecule has 18 heavy (non-hydrogen) atoms. The molecule has 1 aromatic heterocycles. The Labute approximate surface area is 112 Å². The smallest absolute Gasteiger partial charge is 0.0625 e. The van der Waals surface area contributed by atoms with E-state index >= 15 is 0 Å². The fraction of sp³-hybridized carbons (Fsp3) is 0.800. The summed E-state index contributed by atoms with van der Waals surface area (Å²) in [6.07, 6.45) is 10.0. The fourth-order valence-electron chi connectivity index (χ4n) is 2.36. The minimum Gasteiger partial charge on any atom is -0.323 e. The first-order valence-electron chi connectivity index (χ1n) is 7.47. The van der Waals surface area contributed by atoms with Crippen molar-refractivity contribution >= 4 is 0 Å². The molecule has 1 unspecified atom stereocenters. The van der Waals surface area contributed by atoms with Crippen molar-refractivity contribution in [3.05, 3.63) is 17.5 Å². The van der Waals surface area contributed by atoms with Gasteiger partial charge in [0.2, 0.25) is 0 Å². The summed E-state index contributed by atoms with van der Waals surface area (Å²) < 4.78 is 1.95. The van der Waals surface area contributed by atoms with Gasteiger partial charge in [-0.1, -0.05) is 52.4 Å². The third-order valence-electron chi connectivity index (χ3n) is 3.58. The average molecular weight is 251 g/mol. The molecule has 1 aromatic rings. The zero-order valence-corrected chi connectivity index (χ0v) is 12.3. The van der Waals surface area contributed by atoms with Crippen molar-refractivity contribution in [1.82, 2.24) is 9.78 Å². The van der Waals surface area contributed by atoms with Gasteiger partial charge in [0.15, 0.2) is 0 Å². The van der Waals surface area contributed by atoms with E-state index < -0.39 is 0 Å². The Hall–Kier alpha value is -0.830. The summed E-state index contributed by atoms with van der Waals surface area (Å²) in [6, 6.07) is 2.30. The lowest BCUT2D eigenvalue weighted by Gasteiger charge is -2.11. The molecular weight excluding hydrogens is 222 g/mol. The number of nitrogens with two attached hydrogens (primary N) is 1. The van der Waals surface area contributed by atoms with Gasteiger partial charge in [-0.05, 0) is 18.9 Å². The molecule has 104 valence electrons. The molecule has 3 heteroatoms. The summed E-state index contributed by atoms with van der Waals surface area (Å²) in [6.45, 7) is 4.38. The van der Waals surface area contributed by atoms with E-state index in [9.17, 15) is 0 Å². The number of aryl methyl sites for hydroxylation is 2. The van der Waals surface area contributed by atoms with E-state index in [1.54, 1.807) is 0 Å². The lowest BCUT2D eigenvalue weighted by Crippen LogP contribution is -2.14. The van der Waals surface area contributed by atoms with Gasteiger partial charge in [-0.2, -0.15) is 5.10 Å². The number of hydrogen-bond acceptors (Lipinski definition) is 2. The highest BCUT2D eigenvalue weighted by Crippen LogP contribution is 2.18. The first kappa shape index (κ1) is 15.2. The van der Waals surface area contributed by atoms with Crippen LogP contribution in [0.1, 0.15) is 76.2 Å². The molecule has 0 radical (unpaired) electrons. The van der Waals surface area contributed by atoms with Crippen LogP contribution in [-0.4, -0.2) is 9.78 Å². The van der Waals surface area contributed by atoms with Gasteiger partial charge in [0.25, 0.3) is 0 Å². The highest BCUT2D eigenvalue weighted by atomic mass is 15.3. The normalized spacial score (nSPS) is 12.9. The number of nitrogens with zero attached hydrogens (tertiary/aromatic N) is 2. The van der Waals surface area contributed by atoms with Gasteiger partial charge >= 0.3 is 0 Å². The maximum absolute atomic E-state index is 6.24. The predicted octanol–water partition coefficient (Wildman–Crippen LogP) is 3.73. The van der Waals surface area contributed by atoms with Crippen LogP contribution in [0.15, 0.2) is 6.07 Å². The summed E-state index contributed by atoms with van der Waals surface area (Å²) >= 11 is 0. The third kappa shape index (κ3) is 4.81. The van der Waals surface area contributed by atoms with Gasteiger partial charge in [0.1, 0.15) is 0 Å². The fourth-order valence-corrected chi connectivity index (χ4v) is 2.36. The Morgan fingerprint density at radius 2 is 1.83 bits per heavy atom. The van der Waals surface area contributed by atoms with Crippen LogP contribution >= 0.6 is 0 Å². The summed E-state index contributed by atoms with van der Waals surface area (Å²) in [5.74, 6) is 0. The minimum absolute atomic E-state index is 0.147. The Morgan fingerprint density at radius 1 is 1.17 bits per heavy atom. The second-order valence-corrected chi connectivity index (χ2v) is 5.20. The molecule has 0 spiro atoms. The molecule has 0 aliphatic carbocycles. The molecule has 0 aliphatic rings. The van der Waals surface area contributed by atoms with Gasteiger partial charge < -0.3 is 5.73 Å². The second-order valence-electron chi connectivity index (χ2n) is 5.20. The number of unbranched alkanes of at least 4 members (excludes halogenated alkanes) is 5. The summed E-state index contributed by atoms with van der Waals surface area (Å²) in [5, 5.41) is 4.46. The molecule has 0 aromatic carbocycles. The molecule has 0 fully saturated rings. The van der Waals surface area contributed by atoms with E-state index in [-0.39, 0.29) is 6.04 Å². The van der Waals surface area contributed by atoms with Crippen LogP contribution < -0.4 is 5.73 Å². The first-order chi connectivity index (χ1) is 8.69. The van der Waals surface area contributed by atoms with Crippen molar-refractivity contribution in [2.45, 2.75) is 71.3 Å². The van der Waals surface area contributed by atoms with E-state index in [1.807, 2.05) is 11.7 Å². The van der Waals surface area contributed by atoms with Crippen LogP contribution in [0.5, 0.6) is 0 Å². The van der Waals surface area contributed by atoms with E-state index in [1.165, 1.54) is 44.2 Å². The van der Waals surface area contributed by atoms with E-state index in [0.29, 0.717) is 0 Å². The number of rotatable bonds is 9. The molecule has 0 aliphatic heterocycles. The lowest BCUT2D eigenvalue weighted by atomic mass is 10.0. The second kappa shape index (κ2) is 8.30. The Morgan fingerprint density at radius 3 is 2.44 bits per heavy atom. The molecule has 0 saturated heterocycles. The van der Waals surface area contributed by atoms with Crippen LogP contribution in [0, 0.1) is 0 Å². The molecule has 0 amide bonds. The zero-order valence-electron chi connectivity index (χ0n) is 12.3. The predicted molar refractivity (Wildman–Crippen MR) is 77.5 cm³/mol.